The lowest BCUT2D eigenvalue weighted by atomic mass is 10.2. The SMILES string of the molecule is O=C(O)C(CO)C(I)(I)I. The van der Waals surface area contributed by atoms with Gasteiger partial charge >= 0.3 is 5.97 Å². The maximum absolute atomic E-state index is 10.4. The molecule has 0 saturated carbocycles. The van der Waals surface area contributed by atoms with E-state index in [0.29, 0.717) is 0 Å². The van der Waals surface area contributed by atoms with E-state index in [1.807, 2.05) is 67.8 Å². The Morgan fingerprint density at radius 2 is 1.90 bits per heavy atom. The van der Waals surface area contributed by atoms with E-state index in [4.69, 9.17) is 10.2 Å². The first-order chi connectivity index (χ1) is 4.39. The lowest BCUT2D eigenvalue weighted by Gasteiger charge is -2.18. The summed E-state index contributed by atoms with van der Waals surface area (Å²) in [5.41, 5.74) is 0. The average Bonchev–Trinajstić information content (AvgIpc) is 1.60. The van der Waals surface area contributed by atoms with Crippen LogP contribution in [-0.2, 0) is 4.79 Å². The number of alkyl halides is 3. The molecule has 1 unspecified atom stereocenters. The Hall–Kier alpha value is 1.62. The smallest absolute Gasteiger partial charge is 0.311 e. The van der Waals surface area contributed by atoms with Gasteiger partial charge in [0.25, 0.3) is 0 Å². The largest absolute Gasteiger partial charge is 0.481 e. The second-order valence-electron chi connectivity index (χ2n) is 1.62. The van der Waals surface area contributed by atoms with E-state index in [-0.39, 0.29) is 6.61 Å². The molecule has 0 aromatic rings. The van der Waals surface area contributed by atoms with Gasteiger partial charge in [0.1, 0.15) is 5.35 Å². The topological polar surface area (TPSA) is 57.5 Å². The molecule has 0 spiro atoms. The summed E-state index contributed by atoms with van der Waals surface area (Å²) in [5.74, 6) is -1.66. The molecule has 1 atom stereocenters. The number of aliphatic hydroxyl groups is 1. The second kappa shape index (κ2) is 4.60. The fourth-order valence-corrected chi connectivity index (χ4v) is 1.71. The van der Waals surface area contributed by atoms with Crippen molar-refractivity contribution < 1.29 is 15.0 Å². The zero-order valence-corrected chi connectivity index (χ0v) is 11.2. The highest BCUT2D eigenvalue weighted by Gasteiger charge is 2.35. The van der Waals surface area contributed by atoms with Crippen LogP contribution >= 0.6 is 67.8 Å². The molecule has 0 aromatic heterocycles. The highest BCUT2D eigenvalue weighted by molar-refractivity contribution is 14.3. The van der Waals surface area contributed by atoms with Gasteiger partial charge in [0.15, 0.2) is 0 Å². The minimum Gasteiger partial charge on any atom is -0.481 e. The number of hydrogen-bond donors (Lipinski definition) is 2. The predicted octanol–water partition coefficient (Wildman–Crippen LogP) is 1.64. The number of carboxylic acids is 1. The molecule has 6 heteroatoms. The van der Waals surface area contributed by atoms with E-state index in [0.717, 1.165) is 0 Å². The number of rotatable bonds is 3. The number of aliphatic carboxylic acids is 1. The van der Waals surface area contributed by atoms with Crippen LogP contribution in [0.3, 0.4) is 0 Å². The Morgan fingerprint density at radius 1 is 1.50 bits per heavy atom. The van der Waals surface area contributed by atoms with E-state index < -0.39 is 11.3 Å². The van der Waals surface area contributed by atoms with Crippen molar-refractivity contribution in [3.8, 4) is 0 Å². The van der Waals surface area contributed by atoms with Gasteiger partial charge in [-0.2, -0.15) is 0 Å². The molecular formula is C4H5I3O3. The average molecular weight is 482 g/mol. The lowest BCUT2D eigenvalue weighted by molar-refractivity contribution is -0.142. The Balaban J connectivity index is 4.22. The monoisotopic (exact) mass is 482 g/mol. The van der Waals surface area contributed by atoms with Crippen LogP contribution in [0.2, 0.25) is 0 Å². The molecule has 60 valence electrons. The van der Waals surface area contributed by atoms with E-state index in [1.54, 1.807) is 0 Å². The maximum atomic E-state index is 10.4. The Kier molecular flexibility index (Phi) is 5.34. The third-order valence-electron chi connectivity index (χ3n) is 0.876. The summed E-state index contributed by atoms with van der Waals surface area (Å²) >= 11 is 5.96. The van der Waals surface area contributed by atoms with Crippen LogP contribution in [-0.4, -0.2) is 22.2 Å². The van der Waals surface area contributed by atoms with Crippen LogP contribution < -0.4 is 0 Å². The summed E-state index contributed by atoms with van der Waals surface area (Å²) < 4.78 is -0.451. The molecule has 0 fully saturated rings. The minimum absolute atomic E-state index is 0.315. The lowest BCUT2D eigenvalue weighted by Crippen LogP contribution is -2.29. The van der Waals surface area contributed by atoms with Crippen molar-refractivity contribution in [1.29, 1.82) is 0 Å². The molecular weight excluding hydrogens is 477 g/mol. The van der Waals surface area contributed by atoms with Gasteiger partial charge in [-0.15, -0.1) is 0 Å². The van der Waals surface area contributed by atoms with Gasteiger partial charge in [-0.3, -0.25) is 4.79 Å². The minimum atomic E-state index is -0.958. The normalized spacial score (nSPS) is 14.8. The summed E-state index contributed by atoms with van der Waals surface area (Å²) in [6.45, 7) is -0.315. The maximum Gasteiger partial charge on any atom is 0.311 e. The summed E-state index contributed by atoms with van der Waals surface area (Å²) in [4.78, 5) is 10.4. The first-order valence-corrected chi connectivity index (χ1v) is 5.53. The number of aliphatic hydroxyl groups excluding tert-OH is 1. The molecule has 0 amide bonds. The van der Waals surface area contributed by atoms with Crippen molar-refractivity contribution in [2.24, 2.45) is 5.92 Å². The van der Waals surface area contributed by atoms with Crippen LogP contribution in [0.5, 0.6) is 0 Å². The Bertz CT molecular complexity index is 130. The standard InChI is InChI=1S/C4H5I3O3/c5-4(6,7)2(1-8)3(9)10/h2,8H,1H2,(H,9,10). The first kappa shape index (κ1) is 11.6. The van der Waals surface area contributed by atoms with Crippen LogP contribution in [0.1, 0.15) is 0 Å². The van der Waals surface area contributed by atoms with Gasteiger partial charge in [0.05, 0.1) is 6.61 Å². The number of carbonyl (C=O) groups is 1. The molecule has 10 heavy (non-hydrogen) atoms. The molecule has 2 N–H and O–H groups in total. The van der Waals surface area contributed by atoms with Gasteiger partial charge in [0, 0.05) is 0 Å². The van der Waals surface area contributed by atoms with Crippen LogP contribution in [0.4, 0.5) is 0 Å². The predicted molar refractivity (Wildman–Crippen MR) is 63.0 cm³/mol. The van der Waals surface area contributed by atoms with Crippen molar-refractivity contribution in [1.82, 2.24) is 0 Å². The molecule has 0 bridgehead atoms. The van der Waals surface area contributed by atoms with E-state index in [9.17, 15) is 4.79 Å². The van der Waals surface area contributed by atoms with E-state index in [1.165, 1.54) is 0 Å². The molecule has 0 radical (unpaired) electrons. The highest BCUT2D eigenvalue weighted by atomic mass is 127. The zero-order chi connectivity index (χ0) is 8.36. The first-order valence-electron chi connectivity index (χ1n) is 2.30. The van der Waals surface area contributed by atoms with E-state index in [2.05, 4.69) is 0 Å². The molecule has 0 aliphatic heterocycles. The van der Waals surface area contributed by atoms with Crippen molar-refractivity contribution in [3.05, 3.63) is 0 Å². The van der Waals surface area contributed by atoms with Crippen molar-refractivity contribution >= 4 is 73.7 Å². The van der Waals surface area contributed by atoms with Crippen LogP contribution in [0.15, 0.2) is 0 Å². The molecule has 0 saturated heterocycles. The van der Waals surface area contributed by atoms with Crippen molar-refractivity contribution in [2.45, 2.75) is -0.565 Å². The zero-order valence-electron chi connectivity index (χ0n) is 4.72. The van der Waals surface area contributed by atoms with Gasteiger partial charge < -0.3 is 10.2 Å². The summed E-state index contributed by atoms with van der Waals surface area (Å²) in [7, 11) is 0. The summed E-state index contributed by atoms with van der Waals surface area (Å²) in [5, 5.41) is 17.2. The van der Waals surface area contributed by atoms with Gasteiger partial charge in [-0.1, -0.05) is 67.8 Å². The number of hydrogen-bond acceptors (Lipinski definition) is 2. The van der Waals surface area contributed by atoms with Gasteiger partial charge in [-0.25, -0.2) is 0 Å². The number of halogens is 3. The fourth-order valence-electron chi connectivity index (χ4n) is 0.322. The van der Waals surface area contributed by atoms with Crippen molar-refractivity contribution in [3.63, 3.8) is 0 Å². The molecule has 0 aliphatic carbocycles. The molecule has 0 aliphatic rings. The molecule has 0 heterocycles. The third kappa shape index (κ3) is 3.85. The van der Waals surface area contributed by atoms with Gasteiger partial charge in [-0.05, 0) is 0 Å². The molecule has 0 rings (SSSR count). The van der Waals surface area contributed by atoms with Crippen molar-refractivity contribution in [2.75, 3.05) is 6.61 Å². The third-order valence-corrected chi connectivity index (χ3v) is 3.13. The van der Waals surface area contributed by atoms with Crippen LogP contribution in [0.25, 0.3) is 0 Å². The summed E-state index contributed by atoms with van der Waals surface area (Å²) in [6.07, 6.45) is 0. The quantitative estimate of drug-likeness (QED) is 0.476. The fraction of sp³-hybridized carbons (Fsp3) is 0.750. The molecule has 0 aromatic carbocycles. The second-order valence-corrected chi connectivity index (χ2v) is 12.9. The summed E-state index contributed by atoms with van der Waals surface area (Å²) in [6, 6.07) is 0. The van der Waals surface area contributed by atoms with Crippen LogP contribution in [0, 0.1) is 5.92 Å². The van der Waals surface area contributed by atoms with E-state index >= 15 is 0 Å². The Morgan fingerprint density at radius 3 is 1.90 bits per heavy atom. The Labute approximate surface area is 99.4 Å². The van der Waals surface area contributed by atoms with Gasteiger partial charge in [0.2, 0.25) is 0 Å². The molecule has 3 nitrogen and oxygen atoms in total. The number of carboxylic acid groups (broad SMARTS) is 1. The highest BCUT2D eigenvalue weighted by Crippen LogP contribution is 2.42.